The molecule has 3 rings (SSSR count). The fraction of sp³-hybridized carbons (Fsp3) is 0.133. The molecule has 0 aliphatic carbocycles. The molecule has 0 saturated carbocycles. The van der Waals surface area contributed by atoms with Crippen molar-refractivity contribution in [2.75, 3.05) is 11.9 Å². The number of hydrogen-bond donors (Lipinski definition) is 2. The van der Waals surface area contributed by atoms with Crippen molar-refractivity contribution in [3.8, 4) is 5.75 Å². The van der Waals surface area contributed by atoms with Crippen molar-refractivity contribution in [3.63, 3.8) is 0 Å². The third-order valence-electron chi connectivity index (χ3n) is 3.04. The van der Waals surface area contributed by atoms with Crippen LogP contribution in [0.1, 0.15) is 16.1 Å². The molecule has 0 radical (unpaired) electrons. The third kappa shape index (κ3) is 2.84. The zero-order valence-corrected chi connectivity index (χ0v) is 11.1. The number of para-hydroxylation sites is 1. The molecule has 1 aromatic carbocycles. The smallest absolute Gasteiger partial charge is 0.262 e. The van der Waals surface area contributed by atoms with Crippen molar-refractivity contribution < 1.29 is 14.3 Å². The third-order valence-corrected chi connectivity index (χ3v) is 3.04. The van der Waals surface area contributed by atoms with Gasteiger partial charge in [-0.05, 0) is 24.3 Å². The van der Waals surface area contributed by atoms with E-state index in [1.807, 2.05) is 18.2 Å². The van der Waals surface area contributed by atoms with E-state index in [1.54, 1.807) is 24.4 Å². The monoisotopic (exact) mass is 283 g/mol. The first-order chi connectivity index (χ1) is 10.2. The number of ether oxygens (including phenoxy) is 1. The number of carbonyl (C=O) groups excluding carboxylic acids is 2. The van der Waals surface area contributed by atoms with Crippen molar-refractivity contribution in [1.29, 1.82) is 0 Å². The van der Waals surface area contributed by atoms with Crippen LogP contribution in [-0.4, -0.2) is 23.4 Å². The second kappa shape index (κ2) is 5.62. The lowest BCUT2D eigenvalue weighted by molar-refractivity contribution is -0.118. The SMILES string of the molecule is O=C1COc2c(cccc2C(=O)NCc2ccccn2)N1. The first-order valence-electron chi connectivity index (χ1n) is 6.48. The van der Waals surface area contributed by atoms with Gasteiger partial charge < -0.3 is 15.4 Å². The van der Waals surface area contributed by atoms with E-state index >= 15 is 0 Å². The fourth-order valence-electron chi connectivity index (χ4n) is 2.06. The Hall–Kier alpha value is -2.89. The van der Waals surface area contributed by atoms with Crippen LogP contribution in [-0.2, 0) is 11.3 Å². The summed E-state index contributed by atoms with van der Waals surface area (Å²) in [6.45, 7) is 0.243. The van der Waals surface area contributed by atoms with E-state index in [4.69, 9.17) is 4.74 Å². The first kappa shape index (κ1) is 13.1. The predicted molar refractivity (Wildman–Crippen MR) is 76.0 cm³/mol. The Morgan fingerprint density at radius 2 is 2.19 bits per heavy atom. The normalized spacial score (nSPS) is 12.9. The Labute approximate surface area is 121 Å². The second-order valence-corrected chi connectivity index (χ2v) is 4.52. The molecule has 1 aliphatic rings. The van der Waals surface area contributed by atoms with Crippen molar-refractivity contribution in [2.24, 2.45) is 0 Å². The van der Waals surface area contributed by atoms with E-state index in [1.165, 1.54) is 0 Å². The number of nitrogens with one attached hydrogen (secondary N) is 2. The second-order valence-electron chi connectivity index (χ2n) is 4.52. The van der Waals surface area contributed by atoms with E-state index < -0.39 is 0 Å². The predicted octanol–water partition coefficient (Wildman–Crippen LogP) is 1.34. The van der Waals surface area contributed by atoms with Crippen LogP contribution in [0, 0.1) is 0 Å². The maximum atomic E-state index is 12.2. The van der Waals surface area contributed by atoms with Crippen LogP contribution in [0.15, 0.2) is 42.6 Å². The zero-order valence-electron chi connectivity index (χ0n) is 11.1. The summed E-state index contributed by atoms with van der Waals surface area (Å²) in [5, 5.41) is 5.46. The molecule has 0 fully saturated rings. The molecule has 6 nitrogen and oxygen atoms in total. The number of nitrogens with zero attached hydrogens (tertiary/aromatic N) is 1. The number of rotatable bonds is 3. The van der Waals surface area contributed by atoms with E-state index in [0.29, 0.717) is 23.5 Å². The Kier molecular flexibility index (Phi) is 3.51. The van der Waals surface area contributed by atoms with Crippen molar-refractivity contribution in [2.45, 2.75) is 6.54 Å². The summed E-state index contributed by atoms with van der Waals surface area (Å²) in [5.41, 5.74) is 1.67. The van der Waals surface area contributed by atoms with E-state index in [2.05, 4.69) is 15.6 Å². The molecule has 2 aromatic rings. The number of carbonyl (C=O) groups is 2. The van der Waals surface area contributed by atoms with Gasteiger partial charge in [0.25, 0.3) is 11.8 Å². The van der Waals surface area contributed by atoms with Crippen LogP contribution in [0.2, 0.25) is 0 Å². The first-order valence-corrected chi connectivity index (χ1v) is 6.48. The molecule has 0 unspecified atom stereocenters. The van der Waals surface area contributed by atoms with Gasteiger partial charge in [-0.15, -0.1) is 0 Å². The average Bonchev–Trinajstić information content (AvgIpc) is 2.52. The molecule has 1 aliphatic heterocycles. The minimum Gasteiger partial charge on any atom is -0.481 e. The Bertz CT molecular complexity index is 686. The topological polar surface area (TPSA) is 80.3 Å². The summed E-state index contributed by atoms with van der Waals surface area (Å²) >= 11 is 0. The van der Waals surface area contributed by atoms with E-state index in [-0.39, 0.29) is 18.4 Å². The summed E-state index contributed by atoms with van der Waals surface area (Å²) in [6, 6.07) is 10.6. The van der Waals surface area contributed by atoms with Gasteiger partial charge in [0.05, 0.1) is 23.5 Å². The van der Waals surface area contributed by atoms with Crippen LogP contribution in [0.25, 0.3) is 0 Å². The molecule has 0 spiro atoms. The zero-order chi connectivity index (χ0) is 14.7. The van der Waals surface area contributed by atoms with Gasteiger partial charge >= 0.3 is 0 Å². The van der Waals surface area contributed by atoms with Crippen LogP contribution < -0.4 is 15.4 Å². The molecule has 0 saturated heterocycles. The van der Waals surface area contributed by atoms with Gasteiger partial charge in [-0.25, -0.2) is 0 Å². The van der Waals surface area contributed by atoms with Crippen molar-refractivity contribution in [1.82, 2.24) is 10.3 Å². The highest BCUT2D eigenvalue weighted by Crippen LogP contribution is 2.31. The molecule has 2 heterocycles. The highest BCUT2D eigenvalue weighted by atomic mass is 16.5. The maximum Gasteiger partial charge on any atom is 0.262 e. The number of benzene rings is 1. The minimum atomic E-state index is -0.270. The average molecular weight is 283 g/mol. The fourth-order valence-corrected chi connectivity index (χ4v) is 2.06. The van der Waals surface area contributed by atoms with Crippen LogP contribution in [0.4, 0.5) is 5.69 Å². The molecular weight excluding hydrogens is 270 g/mol. The summed E-state index contributed by atoms with van der Waals surface area (Å²) in [4.78, 5) is 27.7. The number of pyridine rings is 1. The molecule has 0 bridgehead atoms. The summed E-state index contributed by atoms with van der Waals surface area (Å²) in [5.74, 6) is -0.0992. The van der Waals surface area contributed by atoms with Gasteiger partial charge in [0, 0.05) is 6.20 Å². The molecule has 2 N–H and O–H groups in total. The van der Waals surface area contributed by atoms with E-state index in [9.17, 15) is 9.59 Å². The van der Waals surface area contributed by atoms with Crippen molar-refractivity contribution in [3.05, 3.63) is 53.9 Å². The van der Waals surface area contributed by atoms with E-state index in [0.717, 1.165) is 5.69 Å². The largest absolute Gasteiger partial charge is 0.481 e. The number of anilines is 1. The minimum absolute atomic E-state index is 0.0858. The lowest BCUT2D eigenvalue weighted by atomic mass is 10.1. The van der Waals surface area contributed by atoms with Gasteiger partial charge in [-0.2, -0.15) is 0 Å². The van der Waals surface area contributed by atoms with Gasteiger partial charge in [-0.1, -0.05) is 12.1 Å². The number of hydrogen-bond acceptors (Lipinski definition) is 4. The highest BCUT2D eigenvalue weighted by molar-refractivity contribution is 6.03. The summed E-state index contributed by atoms with van der Waals surface area (Å²) < 4.78 is 5.35. The summed E-state index contributed by atoms with van der Waals surface area (Å²) in [6.07, 6.45) is 1.67. The highest BCUT2D eigenvalue weighted by Gasteiger charge is 2.22. The molecule has 0 atom stereocenters. The quantitative estimate of drug-likeness (QED) is 0.891. The van der Waals surface area contributed by atoms with Gasteiger partial charge in [0.1, 0.15) is 0 Å². The van der Waals surface area contributed by atoms with Crippen LogP contribution in [0.5, 0.6) is 5.75 Å². The molecule has 6 heteroatoms. The van der Waals surface area contributed by atoms with Gasteiger partial charge in [-0.3, -0.25) is 14.6 Å². The van der Waals surface area contributed by atoms with Gasteiger partial charge in [0.2, 0.25) is 0 Å². The molecular formula is C15H13N3O3. The van der Waals surface area contributed by atoms with Gasteiger partial charge in [0.15, 0.2) is 12.4 Å². The standard InChI is InChI=1S/C15H13N3O3/c19-13-9-21-14-11(5-3-6-12(14)18-13)15(20)17-8-10-4-1-2-7-16-10/h1-7H,8-9H2,(H,17,20)(H,18,19). The van der Waals surface area contributed by atoms with Crippen LogP contribution in [0.3, 0.4) is 0 Å². The molecule has 106 valence electrons. The number of amides is 2. The Morgan fingerprint density at radius 1 is 1.29 bits per heavy atom. The molecule has 1 aromatic heterocycles. The summed E-state index contributed by atoms with van der Waals surface area (Å²) in [7, 11) is 0. The number of fused-ring (bicyclic) bond motifs is 1. The maximum absolute atomic E-state index is 12.2. The Morgan fingerprint density at radius 3 is 3.00 bits per heavy atom. The molecule has 21 heavy (non-hydrogen) atoms. The number of aromatic nitrogens is 1. The van der Waals surface area contributed by atoms with Crippen molar-refractivity contribution >= 4 is 17.5 Å². The lowest BCUT2D eigenvalue weighted by Crippen LogP contribution is -2.29. The van der Waals surface area contributed by atoms with Crippen LogP contribution >= 0.6 is 0 Å². The lowest BCUT2D eigenvalue weighted by Gasteiger charge is -2.20. The Balaban J connectivity index is 1.76. The molecule has 2 amide bonds.